The fraction of sp³-hybridized carbons (Fsp3) is 0.533. The number of hydrogen-bond acceptors (Lipinski definition) is 3. The minimum atomic E-state index is -0.242. The summed E-state index contributed by atoms with van der Waals surface area (Å²) in [7, 11) is 0. The maximum atomic E-state index is 12.8. The number of benzene rings is 1. The fourth-order valence-corrected chi connectivity index (χ4v) is 2.33. The number of carbonyl (C=O) groups excluding carboxylic acids is 1. The molecule has 4 nitrogen and oxygen atoms in total. The number of hydrogen-bond donors (Lipinski definition) is 2. The summed E-state index contributed by atoms with van der Waals surface area (Å²) in [5, 5.41) is 6.21. The van der Waals surface area contributed by atoms with Crippen molar-refractivity contribution in [3.05, 3.63) is 35.6 Å². The minimum Gasteiger partial charge on any atom is -0.378 e. The third-order valence-electron chi connectivity index (χ3n) is 3.29. The summed E-state index contributed by atoms with van der Waals surface area (Å²) in [5.74, 6) is -0.226. The lowest BCUT2D eigenvalue weighted by atomic mass is 10.1. The van der Waals surface area contributed by atoms with Crippen LogP contribution in [0.25, 0.3) is 0 Å². The van der Waals surface area contributed by atoms with Gasteiger partial charge in [-0.2, -0.15) is 0 Å². The van der Waals surface area contributed by atoms with Gasteiger partial charge in [-0.15, -0.1) is 0 Å². The predicted molar refractivity (Wildman–Crippen MR) is 74.9 cm³/mol. The summed E-state index contributed by atoms with van der Waals surface area (Å²) in [6, 6.07) is 6.49. The largest absolute Gasteiger partial charge is 0.378 e. The van der Waals surface area contributed by atoms with Gasteiger partial charge in [-0.05, 0) is 31.0 Å². The molecular formula is C15H21FN2O2. The van der Waals surface area contributed by atoms with Crippen molar-refractivity contribution in [2.45, 2.75) is 31.8 Å². The maximum absolute atomic E-state index is 12.8. The molecule has 110 valence electrons. The summed E-state index contributed by atoms with van der Waals surface area (Å²) in [6.07, 6.45) is 1.12. The number of ether oxygens (including phenoxy) is 1. The van der Waals surface area contributed by atoms with Crippen molar-refractivity contribution >= 4 is 5.91 Å². The van der Waals surface area contributed by atoms with Gasteiger partial charge < -0.3 is 15.4 Å². The molecular weight excluding hydrogens is 259 g/mol. The average Bonchev–Trinajstić information content (AvgIpc) is 2.42. The summed E-state index contributed by atoms with van der Waals surface area (Å²) in [6.45, 7) is 4.04. The van der Waals surface area contributed by atoms with E-state index in [1.54, 1.807) is 12.1 Å². The van der Waals surface area contributed by atoms with E-state index >= 15 is 0 Å². The lowest BCUT2D eigenvalue weighted by Gasteiger charge is -2.24. The molecule has 2 atom stereocenters. The van der Waals surface area contributed by atoms with E-state index in [0.29, 0.717) is 26.1 Å². The summed E-state index contributed by atoms with van der Waals surface area (Å²) in [5.41, 5.74) is 1.01. The van der Waals surface area contributed by atoms with Crippen LogP contribution in [0.5, 0.6) is 0 Å². The van der Waals surface area contributed by atoms with Gasteiger partial charge in [0.05, 0.1) is 13.2 Å². The normalized spacial score (nSPS) is 20.4. The SMILES string of the molecule is CC(Cc1ccc(F)cc1)NC(=O)CC1COCCN1. The fourth-order valence-electron chi connectivity index (χ4n) is 2.33. The van der Waals surface area contributed by atoms with Crippen LogP contribution in [0.4, 0.5) is 4.39 Å². The molecule has 1 amide bonds. The van der Waals surface area contributed by atoms with Crippen LogP contribution >= 0.6 is 0 Å². The molecule has 2 N–H and O–H groups in total. The topological polar surface area (TPSA) is 50.4 Å². The number of carbonyl (C=O) groups is 1. The number of amides is 1. The number of halogens is 1. The predicted octanol–water partition coefficient (Wildman–Crippen LogP) is 1.25. The summed E-state index contributed by atoms with van der Waals surface area (Å²) in [4.78, 5) is 11.9. The zero-order chi connectivity index (χ0) is 14.4. The standard InChI is InChI=1S/C15H21FN2O2/c1-11(8-12-2-4-13(16)5-3-12)18-15(19)9-14-10-20-7-6-17-14/h2-5,11,14,17H,6-10H2,1H3,(H,18,19). The maximum Gasteiger partial charge on any atom is 0.221 e. The Balaban J connectivity index is 1.74. The molecule has 0 radical (unpaired) electrons. The molecule has 2 unspecified atom stereocenters. The van der Waals surface area contributed by atoms with Crippen LogP contribution in [0.15, 0.2) is 24.3 Å². The Bertz CT molecular complexity index is 430. The molecule has 5 heteroatoms. The third-order valence-corrected chi connectivity index (χ3v) is 3.29. The zero-order valence-corrected chi connectivity index (χ0v) is 11.7. The highest BCUT2D eigenvalue weighted by Crippen LogP contribution is 2.06. The van der Waals surface area contributed by atoms with Gasteiger partial charge in [0.25, 0.3) is 0 Å². The minimum absolute atomic E-state index is 0.0163. The van der Waals surface area contributed by atoms with E-state index in [-0.39, 0.29) is 23.8 Å². The van der Waals surface area contributed by atoms with Crippen molar-refractivity contribution in [2.24, 2.45) is 0 Å². The van der Waals surface area contributed by atoms with Gasteiger partial charge in [0.2, 0.25) is 5.91 Å². The van der Waals surface area contributed by atoms with Gasteiger partial charge in [-0.25, -0.2) is 4.39 Å². The van der Waals surface area contributed by atoms with Crippen LogP contribution in [0.1, 0.15) is 18.9 Å². The van der Waals surface area contributed by atoms with E-state index in [1.165, 1.54) is 12.1 Å². The molecule has 1 saturated heterocycles. The molecule has 1 fully saturated rings. The van der Waals surface area contributed by atoms with Gasteiger partial charge in [0.15, 0.2) is 0 Å². The van der Waals surface area contributed by atoms with Crippen molar-refractivity contribution in [3.63, 3.8) is 0 Å². The van der Waals surface area contributed by atoms with Crippen molar-refractivity contribution in [1.29, 1.82) is 0 Å². The highest BCUT2D eigenvalue weighted by atomic mass is 19.1. The Morgan fingerprint density at radius 2 is 2.25 bits per heavy atom. The third kappa shape index (κ3) is 4.90. The molecule has 1 heterocycles. The second-order valence-electron chi connectivity index (χ2n) is 5.23. The number of nitrogens with one attached hydrogen (secondary N) is 2. The lowest BCUT2D eigenvalue weighted by molar-refractivity contribution is -0.122. The van der Waals surface area contributed by atoms with Crippen molar-refractivity contribution in [3.8, 4) is 0 Å². The van der Waals surface area contributed by atoms with E-state index in [1.807, 2.05) is 6.92 Å². The van der Waals surface area contributed by atoms with E-state index < -0.39 is 0 Å². The molecule has 0 bridgehead atoms. The monoisotopic (exact) mass is 280 g/mol. The van der Waals surface area contributed by atoms with E-state index in [0.717, 1.165) is 12.1 Å². The molecule has 0 saturated carbocycles. The summed E-state index contributed by atoms with van der Waals surface area (Å²) < 4.78 is 18.1. The Morgan fingerprint density at radius 1 is 1.50 bits per heavy atom. The Hall–Kier alpha value is -1.46. The Morgan fingerprint density at radius 3 is 2.90 bits per heavy atom. The first-order valence-corrected chi connectivity index (χ1v) is 6.98. The van der Waals surface area contributed by atoms with Gasteiger partial charge in [-0.3, -0.25) is 4.79 Å². The zero-order valence-electron chi connectivity index (χ0n) is 11.7. The molecule has 1 aliphatic rings. The second kappa shape index (κ2) is 7.36. The number of morpholine rings is 1. The molecule has 0 aromatic heterocycles. The van der Waals surface area contributed by atoms with Crippen LogP contribution in [0, 0.1) is 5.82 Å². The Labute approximate surface area is 118 Å². The van der Waals surface area contributed by atoms with Crippen LogP contribution in [0.2, 0.25) is 0 Å². The van der Waals surface area contributed by atoms with E-state index in [9.17, 15) is 9.18 Å². The molecule has 1 aromatic carbocycles. The highest BCUT2D eigenvalue weighted by molar-refractivity contribution is 5.76. The number of rotatable bonds is 5. The van der Waals surface area contributed by atoms with Crippen molar-refractivity contribution in [1.82, 2.24) is 10.6 Å². The van der Waals surface area contributed by atoms with Crippen molar-refractivity contribution < 1.29 is 13.9 Å². The van der Waals surface area contributed by atoms with Gasteiger partial charge in [-0.1, -0.05) is 12.1 Å². The van der Waals surface area contributed by atoms with Gasteiger partial charge >= 0.3 is 0 Å². The Kier molecular flexibility index (Phi) is 5.49. The quantitative estimate of drug-likeness (QED) is 0.853. The first-order valence-electron chi connectivity index (χ1n) is 6.98. The van der Waals surface area contributed by atoms with Crippen LogP contribution in [-0.4, -0.2) is 37.7 Å². The van der Waals surface area contributed by atoms with Gasteiger partial charge in [0.1, 0.15) is 5.82 Å². The molecule has 1 aromatic rings. The molecule has 0 spiro atoms. The van der Waals surface area contributed by atoms with Gasteiger partial charge in [0, 0.05) is 25.0 Å². The molecule has 2 rings (SSSR count). The molecule has 20 heavy (non-hydrogen) atoms. The lowest BCUT2D eigenvalue weighted by Crippen LogP contribution is -2.45. The van der Waals surface area contributed by atoms with Crippen molar-refractivity contribution in [2.75, 3.05) is 19.8 Å². The van der Waals surface area contributed by atoms with Crippen LogP contribution in [0.3, 0.4) is 0 Å². The first kappa shape index (κ1) is 14.9. The molecule has 1 aliphatic heterocycles. The first-order chi connectivity index (χ1) is 9.63. The van der Waals surface area contributed by atoms with E-state index in [4.69, 9.17) is 4.74 Å². The smallest absolute Gasteiger partial charge is 0.221 e. The average molecular weight is 280 g/mol. The van der Waals surface area contributed by atoms with Crippen LogP contribution in [-0.2, 0) is 16.0 Å². The van der Waals surface area contributed by atoms with Crippen LogP contribution < -0.4 is 10.6 Å². The summed E-state index contributed by atoms with van der Waals surface area (Å²) >= 11 is 0. The molecule has 0 aliphatic carbocycles. The van der Waals surface area contributed by atoms with E-state index in [2.05, 4.69) is 10.6 Å². The second-order valence-corrected chi connectivity index (χ2v) is 5.23. The highest BCUT2D eigenvalue weighted by Gasteiger charge is 2.17.